The average Bonchev–Trinajstić information content (AvgIpc) is 2.63. The molecule has 1 atom stereocenters. The summed E-state index contributed by atoms with van der Waals surface area (Å²) in [6.07, 6.45) is -1.07. The fraction of sp³-hybridized carbons (Fsp3) is 0.235. The molecule has 2 aromatic rings. The van der Waals surface area contributed by atoms with Crippen LogP contribution in [0.5, 0.6) is 11.5 Å². The van der Waals surface area contributed by atoms with Gasteiger partial charge in [0.2, 0.25) is 0 Å². The lowest BCUT2D eigenvalue weighted by atomic mass is 10.3. The van der Waals surface area contributed by atoms with Crippen LogP contribution in [0.3, 0.4) is 0 Å². The lowest BCUT2D eigenvalue weighted by Crippen LogP contribution is -2.47. The Hall–Kier alpha value is -2.72. The fourth-order valence-electron chi connectivity index (χ4n) is 2.00. The normalized spacial score (nSPS) is 12.3. The van der Waals surface area contributed by atoms with Crippen molar-refractivity contribution in [3.8, 4) is 11.5 Å². The third kappa shape index (κ3) is 5.63. The zero-order valence-corrected chi connectivity index (χ0v) is 15.3. The molecule has 7 nitrogen and oxygen atoms in total. The molecule has 0 aromatic heterocycles. The number of carbonyl (C=O) groups excluding carboxylic acids is 1. The minimum absolute atomic E-state index is 0.361. The number of nitrogens with one attached hydrogen (secondary N) is 2. The van der Waals surface area contributed by atoms with Crippen molar-refractivity contribution in [2.24, 2.45) is 0 Å². The van der Waals surface area contributed by atoms with E-state index in [0.717, 1.165) is 6.07 Å². The number of hydrogen-bond acceptors (Lipinski definition) is 5. The number of ether oxygens (including phenoxy) is 2. The summed E-state index contributed by atoms with van der Waals surface area (Å²) in [6.45, 7) is 3.74. The van der Waals surface area contributed by atoms with Crippen LogP contribution in [-0.2, 0) is 14.8 Å². The molecule has 2 N–H and O–H groups in total. The lowest BCUT2D eigenvalue weighted by molar-refractivity contribution is -0.127. The van der Waals surface area contributed by atoms with E-state index in [4.69, 9.17) is 9.47 Å². The number of hydrazine groups is 1. The third-order valence-electron chi connectivity index (χ3n) is 3.31. The number of sulfonamides is 1. The van der Waals surface area contributed by atoms with Crippen molar-refractivity contribution in [3.05, 3.63) is 54.1 Å². The summed E-state index contributed by atoms with van der Waals surface area (Å²) < 4.78 is 61.4. The maximum absolute atomic E-state index is 13.6. The van der Waals surface area contributed by atoms with Gasteiger partial charge in [-0.1, -0.05) is 0 Å². The molecule has 2 aromatic carbocycles. The van der Waals surface area contributed by atoms with E-state index in [0.29, 0.717) is 30.2 Å². The highest BCUT2D eigenvalue weighted by atomic mass is 32.2. The molecule has 0 radical (unpaired) electrons. The van der Waals surface area contributed by atoms with Crippen LogP contribution in [0.2, 0.25) is 0 Å². The van der Waals surface area contributed by atoms with E-state index < -0.39 is 38.6 Å². The van der Waals surface area contributed by atoms with E-state index in [2.05, 4.69) is 0 Å². The van der Waals surface area contributed by atoms with Gasteiger partial charge in [0.05, 0.1) is 6.61 Å². The van der Waals surface area contributed by atoms with Crippen LogP contribution in [0.4, 0.5) is 8.78 Å². The highest BCUT2D eigenvalue weighted by Gasteiger charge is 2.22. The van der Waals surface area contributed by atoms with E-state index in [-0.39, 0.29) is 0 Å². The van der Waals surface area contributed by atoms with Crippen LogP contribution in [0.25, 0.3) is 0 Å². The molecular weight excluding hydrogens is 382 g/mol. The molecule has 0 aliphatic carbocycles. The Morgan fingerprint density at radius 3 is 2.37 bits per heavy atom. The zero-order chi connectivity index (χ0) is 20.0. The van der Waals surface area contributed by atoms with Gasteiger partial charge in [0.25, 0.3) is 15.9 Å². The Bertz CT molecular complexity index is 904. The second kappa shape index (κ2) is 8.78. The van der Waals surface area contributed by atoms with Gasteiger partial charge in [0.1, 0.15) is 28.0 Å². The van der Waals surface area contributed by atoms with Gasteiger partial charge in [0, 0.05) is 0 Å². The molecule has 0 heterocycles. The van der Waals surface area contributed by atoms with Crippen LogP contribution < -0.4 is 19.7 Å². The molecule has 2 rings (SSSR count). The minimum Gasteiger partial charge on any atom is -0.494 e. The molecule has 0 saturated carbocycles. The number of halogens is 2. The number of hydrogen-bond donors (Lipinski definition) is 2. The van der Waals surface area contributed by atoms with Gasteiger partial charge >= 0.3 is 0 Å². The zero-order valence-electron chi connectivity index (χ0n) is 14.5. The summed E-state index contributed by atoms with van der Waals surface area (Å²) in [5, 5.41) is 0. The number of rotatable bonds is 8. The minimum atomic E-state index is -4.50. The van der Waals surface area contributed by atoms with Gasteiger partial charge in [0.15, 0.2) is 6.10 Å². The lowest BCUT2D eigenvalue weighted by Gasteiger charge is -2.15. The van der Waals surface area contributed by atoms with Gasteiger partial charge in [-0.3, -0.25) is 10.2 Å². The van der Waals surface area contributed by atoms with Crippen LogP contribution in [-0.4, -0.2) is 27.0 Å². The van der Waals surface area contributed by atoms with E-state index in [1.54, 1.807) is 29.1 Å². The summed E-state index contributed by atoms with van der Waals surface area (Å²) in [4.78, 5) is 12.8. The molecule has 27 heavy (non-hydrogen) atoms. The molecule has 0 fully saturated rings. The topological polar surface area (TPSA) is 93.7 Å². The van der Waals surface area contributed by atoms with Gasteiger partial charge in [-0.15, -0.1) is 4.83 Å². The molecule has 0 aliphatic rings. The first-order chi connectivity index (χ1) is 12.7. The maximum atomic E-state index is 13.6. The predicted molar refractivity (Wildman–Crippen MR) is 92.5 cm³/mol. The maximum Gasteiger partial charge on any atom is 0.275 e. The summed E-state index contributed by atoms with van der Waals surface area (Å²) in [7, 11) is -4.50. The standard InChI is InChI=1S/C17H18F2N2O5S/c1-3-25-13-5-7-14(8-6-13)26-11(2)17(22)20-21-27(23,24)16-10-12(18)4-9-15(16)19/h4-11,21H,3H2,1-2H3,(H,20,22)/t11-/m0/s1. The van der Waals surface area contributed by atoms with Crippen molar-refractivity contribution in [2.75, 3.05) is 6.61 Å². The second-order valence-corrected chi connectivity index (χ2v) is 6.98. The van der Waals surface area contributed by atoms with Crippen molar-refractivity contribution >= 4 is 15.9 Å². The highest BCUT2D eigenvalue weighted by molar-refractivity contribution is 7.89. The van der Waals surface area contributed by atoms with Gasteiger partial charge in [-0.05, 0) is 56.3 Å². The first-order valence-corrected chi connectivity index (χ1v) is 9.37. The molecule has 1 amide bonds. The second-order valence-electron chi connectivity index (χ2n) is 5.33. The Labute approximate surface area is 155 Å². The molecule has 0 spiro atoms. The molecule has 0 saturated heterocycles. The van der Waals surface area contributed by atoms with Crippen LogP contribution in [0.15, 0.2) is 47.4 Å². The quantitative estimate of drug-likeness (QED) is 0.663. The van der Waals surface area contributed by atoms with E-state index in [1.807, 2.05) is 12.3 Å². The van der Waals surface area contributed by atoms with E-state index >= 15 is 0 Å². The Morgan fingerprint density at radius 1 is 1.11 bits per heavy atom. The molecule has 0 bridgehead atoms. The monoisotopic (exact) mass is 400 g/mol. The molecule has 0 aliphatic heterocycles. The average molecular weight is 400 g/mol. The van der Waals surface area contributed by atoms with Crippen molar-refractivity contribution in [1.29, 1.82) is 0 Å². The Kier molecular flexibility index (Phi) is 6.70. The number of benzene rings is 2. The predicted octanol–water partition coefficient (Wildman–Crippen LogP) is 2.14. The van der Waals surface area contributed by atoms with Crippen molar-refractivity contribution < 1.29 is 31.5 Å². The van der Waals surface area contributed by atoms with Crippen molar-refractivity contribution in [1.82, 2.24) is 10.3 Å². The summed E-state index contributed by atoms with van der Waals surface area (Å²) in [6, 6.07) is 8.42. The summed E-state index contributed by atoms with van der Waals surface area (Å²) in [5.74, 6) is -1.93. The first kappa shape index (κ1) is 20.6. The number of carbonyl (C=O) groups is 1. The van der Waals surface area contributed by atoms with Crippen molar-refractivity contribution in [3.63, 3.8) is 0 Å². The third-order valence-corrected chi connectivity index (χ3v) is 4.57. The fourth-order valence-corrected chi connectivity index (χ4v) is 2.93. The molecular formula is C17H18F2N2O5S. The summed E-state index contributed by atoms with van der Waals surface area (Å²) >= 11 is 0. The first-order valence-electron chi connectivity index (χ1n) is 7.89. The molecule has 146 valence electrons. The number of amides is 1. The van der Waals surface area contributed by atoms with Crippen LogP contribution in [0, 0.1) is 11.6 Å². The van der Waals surface area contributed by atoms with Gasteiger partial charge < -0.3 is 9.47 Å². The van der Waals surface area contributed by atoms with Crippen LogP contribution in [0.1, 0.15) is 13.8 Å². The van der Waals surface area contributed by atoms with E-state index in [9.17, 15) is 22.0 Å². The SMILES string of the molecule is CCOc1ccc(O[C@@H](C)C(=O)NNS(=O)(=O)c2cc(F)ccc2F)cc1. The Balaban J connectivity index is 1.96. The Morgan fingerprint density at radius 2 is 1.74 bits per heavy atom. The van der Waals surface area contributed by atoms with Gasteiger partial charge in [-0.2, -0.15) is 0 Å². The van der Waals surface area contributed by atoms with Crippen LogP contribution >= 0.6 is 0 Å². The summed E-state index contributed by atoms with van der Waals surface area (Å²) in [5.41, 5.74) is 1.90. The molecule has 0 unspecified atom stereocenters. The van der Waals surface area contributed by atoms with E-state index in [1.165, 1.54) is 6.92 Å². The van der Waals surface area contributed by atoms with Gasteiger partial charge in [-0.25, -0.2) is 17.2 Å². The molecule has 10 heteroatoms. The van der Waals surface area contributed by atoms with Crippen molar-refractivity contribution in [2.45, 2.75) is 24.8 Å². The smallest absolute Gasteiger partial charge is 0.275 e. The largest absolute Gasteiger partial charge is 0.494 e. The highest BCUT2D eigenvalue weighted by Crippen LogP contribution is 2.19.